The van der Waals surface area contributed by atoms with Gasteiger partial charge in [-0.1, -0.05) is 13.8 Å². The minimum atomic E-state index is 0.0591. The van der Waals surface area contributed by atoms with Crippen molar-refractivity contribution >= 4 is 21.7 Å². The predicted molar refractivity (Wildman–Crippen MR) is 77.5 cm³/mol. The summed E-state index contributed by atoms with van der Waals surface area (Å²) in [4.78, 5) is 12.2. The highest BCUT2D eigenvalue weighted by atomic mass is 79.9. The van der Waals surface area contributed by atoms with E-state index < -0.39 is 0 Å². The van der Waals surface area contributed by atoms with Crippen molar-refractivity contribution in [3.8, 4) is 11.5 Å². The van der Waals surface area contributed by atoms with Crippen LogP contribution in [0.1, 0.15) is 35.7 Å². The SMILES string of the molecule is CNCC(=O)c1cc2c(c(Br)c1C(C)C)OCCO2. The van der Waals surface area contributed by atoms with Crippen LogP contribution in [-0.4, -0.2) is 32.6 Å². The van der Waals surface area contributed by atoms with Crippen molar-refractivity contribution in [1.29, 1.82) is 0 Å². The highest BCUT2D eigenvalue weighted by Gasteiger charge is 2.25. The zero-order valence-electron chi connectivity index (χ0n) is 11.4. The summed E-state index contributed by atoms with van der Waals surface area (Å²) in [6, 6.07) is 1.80. The number of nitrogens with one attached hydrogen (secondary N) is 1. The minimum Gasteiger partial charge on any atom is -0.486 e. The highest BCUT2D eigenvalue weighted by molar-refractivity contribution is 9.10. The number of halogens is 1. The molecule has 0 bridgehead atoms. The fraction of sp³-hybridized carbons (Fsp3) is 0.500. The Bertz CT molecular complexity index is 500. The Morgan fingerprint density at radius 1 is 1.42 bits per heavy atom. The molecule has 19 heavy (non-hydrogen) atoms. The molecule has 104 valence electrons. The van der Waals surface area contributed by atoms with Crippen LogP contribution in [0.5, 0.6) is 11.5 Å². The number of hydrogen-bond donors (Lipinski definition) is 1. The molecule has 1 aromatic carbocycles. The molecule has 2 rings (SSSR count). The topological polar surface area (TPSA) is 47.6 Å². The number of hydrogen-bond acceptors (Lipinski definition) is 4. The molecule has 4 nitrogen and oxygen atoms in total. The molecule has 0 atom stereocenters. The van der Waals surface area contributed by atoms with Gasteiger partial charge >= 0.3 is 0 Å². The maximum absolute atomic E-state index is 12.2. The fourth-order valence-electron chi connectivity index (χ4n) is 2.21. The molecule has 0 aromatic heterocycles. The molecule has 0 saturated heterocycles. The van der Waals surface area contributed by atoms with Crippen molar-refractivity contribution in [1.82, 2.24) is 5.32 Å². The number of carbonyl (C=O) groups is 1. The van der Waals surface area contributed by atoms with Crippen molar-refractivity contribution < 1.29 is 14.3 Å². The third kappa shape index (κ3) is 2.77. The van der Waals surface area contributed by atoms with Gasteiger partial charge in [0.15, 0.2) is 17.3 Å². The lowest BCUT2D eigenvalue weighted by atomic mass is 9.93. The Hall–Kier alpha value is -1.07. The summed E-state index contributed by atoms with van der Waals surface area (Å²) in [6.07, 6.45) is 0. The lowest BCUT2D eigenvalue weighted by Gasteiger charge is -2.24. The summed E-state index contributed by atoms with van der Waals surface area (Å²) >= 11 is 3.56. The van der Waals surface area contributed by atoms with Crippen LogP contribution in [0.25, 0.3) is 0 Å². The maximum Gasteiger partial charge on any atom is 0.177 e. The minimum absolute atomic E-state index is 0.0591. The van der Waals surface area contributed by atoms with Gasteiger partial charge in [-0.25, -0.2) is 0 Å². The van der Waals surface area contributed by atoms with Gasteiger partial charge in [-0.15, -0.1) is 0 Å². The molecule has 0 fully saturated rings. The van der Waals surface area contributed by atoms with Crippen LogP contribution in [0, 0.1) is 0 Å². The number of likely N-dealkylation sites (N-methyl/N-ethyl adjacent to an activating group) is 1. The monoisotopic (exact) mass is 327 g/mol. The van der Waals surface area contributed by atoms with Crippen molar-refractivity contribution in [3.63, 3.8) is 0 Å². The molecule has 0 amide bonds. The number of rotatable bonds is 4. The lowest BCUT2D eigenvalue weighted by molar-refractivity contribution is 0.0990. The van der Waals surface area contributed by atoms with E-state index in [1.807, 2.05) is 0 Å². The first kappa shape index (κ1) is 14.3. The van der Waals surface area contributed by atoms with Crippen LogP contribution in [-0.2, 0) is 0 Å². The Labute approximate surface area is 121 Å². The lowest BCUT2D eigenvalue weighted by Crippen LogP contribution is -2.22. The van der Waals surface area contributed by atoms with Gasteiger partial charge in [0.2, 0.25) is 0 Å². The standard InChI is InChI=1S/C14H18BrNO3/c1-8(2)12-9(10(17)7-16-3)6-11-14(13(12)15)19-5-4-18-11/h6,8,16H,4-5,7H2,1-3H3. The molecule has 1 aliphatic rings. The molecule has 1 aromatic rings. The van der Waals surface area contributed by atoms with Crippen molar-refractivity contribution in [2.75, 3.05) is 26.8 Å². The molecular weight excluding hydrogens is 310 g/mol. The van der Waals surface area contributed by atoms with Gasteiger partial charge in [0.1, 0.15) is 13.2 Å². The van der Waals surface area contributed by atoms with Gasteiger partial charge in [-0.05, 0) is 40.5 Å². The van der Waals surface area contributed by atoms with E-state index in [-0.39, 0.29) is 11.7 Å². The molecule has 5 heteroatoms. The van der Waals surface area contributed by atoms with Gasteiger partial charge in [0.05, 0.1) is 11.0 Å². The summed E-state index contributed by atoms with van der Waals surface area (Å²) in [5.41, 5.74) is 1.67. The Morgan fingerprint density at radius 2 is 2.11 bits per heavy atom. The molecule has 1 heterocycles. The average molecular weight is 328 g/mol. The normalized spacial score (nSPS) is 13.7. The first-order valence-corrected chi connectivity index (χ1v) is 7.15. The van der Waals surface area contributed by atoms with Gasteiger partial charge in [-0.3, -0.25) is 4.79 Å². The Balaban J connectivity index is 2.57. The van der Waals surface area contributed by atoms with Crippen molar-refractivity contribution in [2.45, 2.75) is 19.8 Å². The van der Waals surface area contributed by atoms with E-state index in [4.69, 9.17) is 9.47 Å². The Morgan fingerprint density at radius 3 is 2.74 bits per heavy atom. The summed E-state index contributed by atoms with van der Waals surface area (Å²) in [5, 5.41) is 2.89. The molecule has 0 aliphatic carbocycles. The van der Waals surface area contributed by atoms with Gasteiger partial charge in [-0.2, -0.15) is 0 Å². The average Bonchev–Trinajstić information content (AvgIpc) is 2.38. The van der Waals surface area contributed by atoms with Crippen LogP contribution in [0.15, 0.2) is 10.5 Å². The number of ketones is 1. The molecule has 1 aliphatic heterocycles. The quantitative estimate of drug-likeness (QED) is 0.864. The van der Waals surface area contributed by atoms with Gasteiger partial charge in [0, 0.05) is 5.56 Å². The molecule has 0 unspecified atom stereocenters. The molecule has 0 radical (unpaired) electrons. The summed E-state index contributed by atoms with van der Waals surface area (Å²) in [5.74, 6) is 1.63. The van der Waals surface area contributed by atoms with Gasteiger partial charge < -0.3 is 14.8 Å². The van der Waals surface area contributed by atoms with E-state index in [9.17, 15) is 4.79 Å². The predicted octanol–water partition coefficient (Wildman–Crippen LogP) is 2.75. The molecule has 1 N–H and O–H groups in total. The number of ether oxygens (including phenoxy) is 2. The molecule has 0 spiro atoms. The van der Waals surface area contributed by atoms with Crippen LogP contribution in [0.3, 0.4) is 0 Å². The molecule has 0 saturated carbocycles. The summed E-state index contributed by atoms with van der Waals surface area (Å²) in [6.45, 7) is 5.48. The summed E-state index contributed by atoms with van der Waals surface area (Å²) in [7, 11) is 1.76. The van der Waals surface area contributed by atoms with E-state index in [1.165, 1.54) is 0 Å². The number of carbonyl (C=O) groups excluding carboxylic acids is 1. The second-order valence-corrected chi connectivity index (χ2v) is 5.58. The zero-order chi connectivity index (χ0) is 14.0. The highest BCUT2D eigenvalue weighted by Crippen LogP contribution is 2.44. The fourth-order valence-corrected chi connectivity index (χ4v) is 3.19. The number of benzene rings is 1. The van der Waals surface area contributed by atoms with E-state index in [1.54, 1.807) is 13.1 Å². The Kier molecular flexibility index (Phi) is 4.47. The maximum atomic E-state index is 12.2. The van der Waals surface area contributed by atoms with E-state index in [0.717, 1.165) is 10.0 Å². The largest absolute Gasteiger partial charge is 0.486 e. The van der Waals surface area contributed by atoms with E-state index >= 15 is 0 Å². The second-order valence-electron chi connectivity index (χ2n) is 4.78. The summed E-state index contributed by atoms with van der Waals surface area (Å²) < 4.78 is 12.1. The zero-order valence-corrected chi connectivity index (χ0v) is 13.0. The van der Waals surface area contributed by atoms with Crippen molar-refractivity contribution in [3.05, 3.63) is 21.7 Å². The first-order chi connectivity index (χ1) is 9.06. The van der Waals surface area contributed by atoms with Gasteiger partial charge in [0.25, 0.3) is 0 Å². The van der Waals surface area contributed by atoms with Crippen LogP contribution >= 0.6 is 15.9 Å². The molecular formula is C14H18BrNO3. The third-order valence-corrected chi connectivity index (χ3v) is 3.81. The van der Waals surface area contributed by atoms with E-state index in [2.05, 4.69) is 35.1 Å². The van der Waals surface area contributed by atoms with Crippen LogP contribution < -0.4 is 14.8 Å². The van der Waals surface area contributed by atoms with Crippen LogP contribution in [0.4, 0.5) is 0 Å². The van der Waals surface area contributed by atoms with Crippen LogP contribution in [0.2, 0.25) is 0 Å². The van der Waals surface area contributed by atoms with E-state index in [0.29, 0.717) is 36.8 Å². The number of fused-ring (bicyclic) bond motifs is 1. The smallest absolute Gasteiger partial charge is 0.177 e. The third-order valence-electron chi connectivity index (χ3n) is 3.03. The first-order valence-electron chi connectivity index (χ1n) is 6.36. The van der Waals surface area contributed by atoms with Crippen molar-refractivity contribution in [2.24, 2.45) is 0 Å². The second kappa shape index (κ2) is 5.92. The number of Topliss-reactive ketones (excluding diaryl/α,β-unsaturated/α-hetero) is 1.